The Bertz CT molecular complexity index is 2780. The lowest BCUT2D eigenvalue weighted by molar-refractivity contribution is 0.0730. The van der Waals surface area contributed by atoms with Gasteiger partial charge in [0.25, 0.3) is 5.91 Å². The molecule has 0 saturated carbocycles. The van der Waals surface area contributed by atoms with Gasteiger partial charge in [0.1, 0.15) is 22.8 Å². The Morgan fingerprint density at radius 3 is 2.46 bits per heavy atom. The van der Waals surface area contributed by atoms with Gasteiger partial charge in [0.05, 0.1) is 25.0 Å². The second-order valence-electron chi connectivity index (χ2n) is 17.0. The molecule has 1 saturated heterocycles. The molecule has 11 nitrogen and oxygen atoms in total. The molecule has 9 rings (SSSR count). The minimum atomic E-state index is -0.636. The zero-order valence-corrected chi connectivity index (χ0v) is 33.8. The summed E-state index contributed by atoms with van der Waals surface area (Å²) in [6, 6.07) is 22.6. The number of fused-ring (bicyclic) bond motifs is 4. The van der Waals surface area contributed by atoms with E-state index in [0.717, 1.165) is 66.4 Å². The van der Waals surface area contributed by atoms with Crippen LogP contribution in [0.25, 0.3) is 27.9 Å². The molecule has 2 aliphatic rings. The number of piperidine rings is 1. The van der Waals surface area contributed by atoms with Crippen LogP contribution in [0, 0.1) is 24.0 Å². The van der Waals surface area contributed by atoms with E-state index in [9.17, 15) is 18.4 Å². The van der Waals surface area contributed by atoms with Gasteiger partial charge in [-0.3, -0.25) is 13.9 Å². The minimum absolute atomic E-state index is 0.0440. The van der Waals surface area contributed by atoms with E-state index in [-0.39, 0.29) is 29.6 Å². The van der Waals surface area contributed by atoms with E-state index < -0.39 is 11.6 Å². The van der Waals surface area contributed by atoms with Gasteiger partial charge in [-0.05, 0) is 91.3 Å². The SMILES string of the molecule is Cc1cc(C(=O)N2CCc3c(n(Cc4ccc(F)cc4F)c4ncccc34)C2)ccc1-n1c(=O)n(C2CCN(CC(C)(C)C)CC2)c2nc(Nc3ccccc3)ncc21. The van der Waals surface area contributed by atoms with Crippen molar-refractivity contribution in [3.63, 3.8) is 0 Å². The average Bonchev–Trinajstić information content (AvgIpc) is 3.68. The maximum Gasteiger partial charge on any atom is 0.335 e. The van der Waals surface area contributed by atoms with E-state index in [0.29, 0.717) is 59.1 Å². The number of nitrogens with one attached hydrogen (secondary N) is 1. The molecule has 1 N–H and O–H groups in total. The number of halogens is 2. The highest BCUT2D eigenvalue weighted by molar-refractivity contribution is 5.95. The van der Waals surface area contributed by atoms with Gasteiger partial charge in [0.15, 0.2) is 5.65 Å². The fourth-order valence-corrected chi connectivity index (χ4v) is 8.93. The topological polar surface area (TPSA) is 106 Å². The average molecular weight is 796 g/mol. The summed E-state index contributed by atoms with van der Waals surface area (Å²) in [4.78, 5) is 47.4. The molecule has 302 valence electrons. The predicted molar refractivity (Wildman–Crippen MR) is 225 cm³/mol. The number of para-hydroxylation sites is 1. The molecule has 0 aliphatic carbocycles. The molecule has 1 amide bonds. The molecule has 2 aliphatic heterocycles. The Hall–Kier alpha value is -6.21. The summed E-state index contributed by atoms with van der Waals surface area (Å²) in [6.07, 6.45) is 5.64. The fraction of sp³-hybridized carbons (Fsp3) is 0.326. The zero-order chi connectivity index (χ0) is 41.0. The van der Waals surface area contributed by atoms with Crippen LogP contribution < -0.4 is 11.0 Å². The van der Waals surface area contributed by atoms with E-state index in [1.807, 2.05) is 70.7 Å². The minimum Gasteiger partial charge on any atom is -0.332 e. The number of pyridine rings is 1. The van der Waals surface area contributed by atoms with E-state index in [4.69, 9.17) is 4.98 Å². The predicted octanol–water partition coefficient (Wildman–Crippen LogP) is 8.19. The lowest BCUT2D eigenvalue weighted by Crippen LogP contribution is -2.41. The lowest BCUT2D eigenvalue weighted by Gasteiger charge is -2.36. The number of aryl methyl sites for hydroxylation is 1. The van der Waals surface area contributed by atoms with E-state index in [2.05, 4.69) is 41.0 Å². The molecule has 13 heteroatoms. The van der Waals surface area contributed by atoms with Crippen molar-refractivity contribution >= 4 is 39.7 Å². The summed E-state index contributed by atoms with van der Waals surface area (Å²) in [5, 5.41) is 4.25. The summed E-state index contributed by atoms with van der Waals surface area (Å²) < 4.78 is 34.1. The number of likely N-dealkylation sites (tertiary alicyclic amines) is 1. The fourth-order valence-electron chi connectivity index (χ4n) is 8.93. The largest absolute Gasteiger partial charge is 0.335 e. The standard InChI is InChI=1S/C46H47F2N9O2/c1-29-23-30(43(58)54-22-18-35-36-11-8-19-49-41(36)55(40(35)27-54)26-31-12-14-32(47)24-37(31)48)13-15-38(29)57-39-25-50-44(51-33-9-6-5-7-10-33)52-42(39)56(45(57)59)34-16-20-53(21-17-34)28-46(2,3)4/h5-15,19,23-25,34H,16-18,20-22,26-28H2,1-4H3,(H,50,51,52). The third-order valence-electron chi connectivity index (χ3n) is 11.6. The van der Waals surface area contributed by atoms with Crippen LogP contribution >= 0.6 is 0 Å². The number of carbonyl (C=O) groups is 1. The van der Waals surface area contributed by atoms with Gasteiger partial charge in [0, 0.05) is 72.4 Å². The van der Waals surface area contributed by atoms with Crippen LogP contribution in [0.2, 0.25) is 0 Å². The quantitative estimate of drug-likeness (QED) is 0.165. The van der Waals surface area contributed by atoms with E-state index in [1.165, 1.54) is 12.1 Å². The molecule has 1 fully saturated rings. The van der Waals surface area contributed by atoms with Gasteiger partial charge < -0.3 is 19.7 Å². The van der Waals surface area contributed by atoms with E-state index >= 15 is 0 Å². The van der Waals surface area contributed by atoms with Crippen LogP contribution in [-0.4, -0.2) is 70.5 Å². The first-order valence-corrected chi connectivity index (χ1v) is 20.3. The molecule has 59 heavy (non-hydrogen) atoms. The number of benzene rings is 3. The molecule has 0 radical (unpaired) electrons. The monoisotopic (exact) mass is 795 g/mol. The lowest BCUT2D eigenvalue weighted by atomic mass is 9.94. The molecule has 4 aromatic heterocycles. The highest BCUT2D eigenvalue weighted by atomic mass is 19.1. The van der Waals surface area contributed by atoms with Crippen LogP contribution in [0.15, 0.2) is 96.1 Å². The van der Waals surface area contributed by atoms with Crippen molar-refractivity contribution in [1.29, 1.82) is 0 Å². The molecule has 6 heterocycles. The van der Waals surface area contributed by atoms with Crippen LogP contribution in [-0.2, 0) is 19.5 Å². The van der Waals surface area contributed by atoms with Gasteiger partial charge in [-0.1, -0.05) is 45.0 Å². The summed E-state index contributed by atoms with van der Waals surface area (Å²) in [5.74, 6) is -1.02. The Morgan fingerprint density at radius 2 is 1.71 bits per heavy atom. The summed E-state index contributed by atoms with van der Waals surface area (Å²) in [7, 11) is 0. The number of hydrogen-bond acceptors (Lipinski definition) is 7. The highest BCUT2D eigenvalue weighted by Gasteiger charge is 2.31. The highest BCUT2D eigenvalue weighted by Crippen LogP contribution is 2.33. The normalized spacial score (nSPS) is 15.3. The van der Waals surface area contributed by atoms with Crippen LogP contribution in [0.4, 0.5) is 20.4 Å². The number of anilines is 2. The molecule has 0 unspecified atom stereocenters. The molecule has 3 aromatic carbocycles. The first kappa shape index (κ1) is 38.3. The molecular formula is C46H47F2N9O2. The van der Waals surface area contributed by atoms with Crippen LogP contribution in [0.5, 0.6) is 0 Å². The van der Waals surface area contributed by atoms with Gasteiger partial charge in [-0.25, -0.2) is 23.5 Å². The Labute approximate surface area is 341 Å². The smallest absolute Gasteiger partial charge is 0.332 e. The molecule has 0 spiro atoms. The first-order valence-electron chi connectivity index (χ1n) is 20.3. The number of carbonyl (C=O) groups excluding carboxylic acids is 1. The number of hydrogen-bond donors (Lipinski definition) is 1. The number of amides is 1. The van der Waals surface area contributed by atoms with Crippen molar-refractivity contribution < 1.29 is 13.6 Å². The Balaban J connectivity index is 1.03. The van der Waals surface area contributed by atoms with Crippen molar-refractivity contribution in [2.45, 2.75) is 66.1 Å². The first-order chi connectivity index (χ1) is 28.4. The number of imidazole rings is 1. The second kappa shape index (κ2) is 15.2. The van der Waals surface area contributed by atoms with Gasteiger partial charge in [-0.2, -0.15) is 4.98 Å². The number of nitrogens with zero attached hydrogens (tertiary/aromatic N) is 8. The third-order valence-corrected chi connectivity index (χ3v) is 11.6. The Kier molecular flexibility index (Phi) is 9.86. The van der Waals surface area contributed by atoms with Crippen molar-refractivity contribution in [1.82, 2.24) is 38.5 Å². The second-order valence-corrected chi connectivity index (χ2v) is 17.0. The van der Waals surface area contributed by atoms with Crippen LogP contribution in [0.3, 0.4) is 0 Å². The summed E-state index contributed by atoms with van der Waals surface area (Å²) >= 11 is 0. The third kappa shape index (κ3) is 7.39. The summed E-state index contributed by atoms with van der Waals surface area (Å²) in [6.45, 7) is 12.3. The van der Waals surface area contributed by atoms with Gasteiger partial charge >= 0.3 is 5.69 Å². The molecular weight excluding hydrogens is 749 g/mol. The maximum absolute atomic E-state index is 14.9. The number of rotatable bonds is 8. The maximum atomic E-state index is 14.9. The Morgan fingerprint density at radius 1 is 0.915 bits per heavy atom. The van der Waals surface area contributed by atoms with Crippen molar-refractivity contribution in [2.75, 3.05) is 31.5 Å². The van der Waals surface area contributed by atoms with Crippen molar-refractivity contribution in [3.05, 3.63) is 141 Å². The van der Waals surface area contributed by atoms with E-state index in [1.54, 1.807) is 27.9 Å². The summed E-state index contributed by atoms with van der Waals surface area (Å²) in [5.41, 5.74) is 6.87. The van der Waals surface area contributed by atoms with Gasteiger partial charge in [0.2, 0.25) is 5.95 Å². The zero-order valence-electron chi connectivity index (χ0n) is 33.8. The van der Waals surface area contributed by atoms with Crippen molar-refractivity contribution in [2.24, 2.45) is 5.41 Å². The molecule has 0 bridgehead atoms. The van der Waals surface area contributed by atoms with Gasteiger partial charge in [-0.15, -0.1) is 0 Å². The molecule has 0 atom stereocenters. The molecule has 7 aromatic rings. The van der Waals surface area contributed by atoms with Crippen molar-refractivity contribution in [3.8, 4) is 5.69 Å². The number of aromatic nitrogens is 6. The van der Waals surface area contributed by atoms with Crippen LogP contribution in [0.1, 0.15) is 72.4 Å².